The van der Waals surface area contributed by atoms with E-state index >= 15 is 0 Å². The van der Waals surface area contributed by atoms with Gasteiger partial charge in [-0.2, -0.15) is 9.57 Å². The fourth-order valence-corrected chi connectivity index (χ4v) is 4.45. The molecule has 1 heterocycles. The number of hydrogen-bond acceptors (Lipinski definition) is 4. The van der Waals surface area contributed by atoms with Crippen molar-refractivity contribution < 1.29 is 12.8 Å². The zero-order valence-corrected chi connectivity index (χ0v) is 14.6. The summed E-state index contributed by atoms with van der Waals surface area (Å²) in [6, 6.07) is 13.3. The first-order valence-corrected chi connectivity index (χ1v) is 9.38. The van der Waals surface area contributed by atoms with E-state index in [1.807, 2.05) is 17.0 Å². The second-order valence-corrected chi connectivity index (χ2v) is 7.87. The van der Waals surface area contributed by atoms with E-state index in [4.69, 9.17) is 0 Å². The lowest BCUT2D eigenvalue weighted by Gasteiger charge is -2.35. The zero-order chi connectivity index (χ0) is 18.0. The van der Waals surface area contributed by atoms with E-state index in [0.717, 1.165) is 5.69 Å². The Morgan fingerprint density at radius 2 is 1.76 bits per heavy atom. The summed E-state index contributed by atoms with van der Waals surface area (Å²) in [7, 11) is -3.65. The number of nitriles is 1. The van der Waals surface area contributed by atoms with Crippen LogP contribution in [0.2, 0.25) is 0 Å². The third-order valence-corrected chi connectivity index (χ3v) is 6.27. The second kappa shape index (κ2) is 6.82. The molecule has 0 atom stereocenters. The molecule has 1 fully saturated rings. The molecule has 0 amide bonds. The summed E-state index contributed by atoms with van der Waals surface area (Å²) in [5, 5.41) is 9.21. The van der Waals surface area contributed by atoms with E-state index in [1.165, 1.54) is 22.5 Å². The Balaban J connectivity index is 1.77. The molecule has 0 aromatic heterocycles. The highest BCUT2D eigenvalue weighted by Gasteiger charge is 2.29. The second-order valence-electron chi connectivity index (χ2n) is 5.93. The minimum Gasteiger partial charge on any atom is -0.368 e. The molecule has 3 rings (SSSR count). The average Bonchev–Trinajstić information content (AvgIpc) is 2.64. The van der Waals surface area contributed by atoms with Crippen molar-refractivity contribution in [2.45, 2.75) is 11.8 Å². The van der Waals surface area contributed by atoms with Gasteiger partial charge in [0.15, 0.2) is 0 Å². The summed E-state index contributed by atoms with van der Waals surface area (Å²) >= 11 is 0. The van der Waals surface area contributed by atoms with Crippen molar-refractivity contribution in [1.82, 2.24) is 4.31 Å². The Morgan fingerprint density at radius 3 is 2.40 bits per heavy atom. The van der Waals surface area contributed by atoms with Crippen molar-refractivity contribution >= 4 is 15.7 Å². The van der Waals surface area contributed by atoms with Crippen LogP contribution in [0.15, 0.2) is 47.4 Å². The van der Waals surface area contributed by atoms with Gasteiger partial charge in [0, 0.05) is 26.2 Å². The number of nitrogens with zero attached hydrogens (tertiary/aromatic N) is 3. The van der Waals surface area contributed by atoms with Crippen LogP contribution in [-0.2, 0) is 10.0 Å². The molecule has 2 aromatic carbocycles. The number of sulfonamides is 1. The largest absolute Gasteiger partial charge is 0.368 e. The van der Waals surface area contributed by atoms with Crippen molar-refractivity contribution in [2.75, 3.05) is 31.1 Å². The van der Waals surface area contributed by atoms with Crippen LogP contribution >= 0.6 is 0 Å². The average molecular weight is 359 g/mol. The molecule has 1 saturated heterocycles. The van der Waals surface area contributed by atoms with Gasteiger partial charge in [0.1, 0.15) is 11.9 Å². The number of anilines is 1. The quantitative estimate of drug-likeness (QED) is 0.845. The topological polar surface area (TPSA) is 64.4 Å². The minimum atomic E-state index is -3.65. The van der Waals surface area contributed by atoms with E-state index in [9.17, 15) is 18.1 Å². The van der Waals surface area contributed by atoms with Gasteiger partial charge in [-0.25, -0.2) is 12.8 Å². The van der Waals surface area contributed by atoms with Crippen LogP contribution in [-0.4, -0.2) is 38.9 Å². The van der Waals surface area contributed by atoms with Gasteiger partial charge in [0.25, 0.3) is 0 Å². The van der Waals surface area contributed by atoms with Gasteiger partial charge in [-0.05, 0) is 42.8 Å². The molecule has 1 aliphatic rings. The van der Waals surface area contributed by atoms with Gasteiger partial charge < -0.3 is 4.90 Å². The summed E-state index contributed by atoms with van der Waals surface area (Å²) in [6.07, 6.45) is 0. The number of hydrogen-bond donors (Lipinski definition) is 0. The number of piperazine rings is 1. The normalized spacial score (nSPS) is 15.8. The fraction of sp³-hybridized carbons (Fsp3) is 0.278. The number of para-hydroxylation sites is 1. The maximum absolute atomic E-state index is 13.4. The Labute approximate surface area is 147 Å². The summed E-state index contributed by atoms with van der Waals surface area (Å²) in [5.41, 5.74) is 1.70. The van der Waals surface area contributed by atoms with Gasteiger partial charge in [-0.3, -0.25) is 0 Å². The maximum Gasteiger partial charge on any atom is 0.243 e. The summed E-state index contributed by atoms with van der Waals surface area (Å²) in [4.78, 5) is 2.12. The third-order valence-electron chi connectivity index (χ3n) is 4.37. The van der Waals surface area contributed by atoms with Gasteiger partial charge in [-0.1, -0.05) is 12.1 Å². The summed E-state index contributed by atoms with van der Waals surface area (Å²) in [5.74, 6) is -0.420. The first kappa shape index (κ1) is 17.4. The van der Waals surface area contributed by atoms with Crippen LogP contribution in [0.1, 0.15) is 11.1 Å². The van der Waals surface area contributed by atoms with E-state index in [0.29, 0.717) is 37.3 Å². The highest BCUT2D eigenvalue weighted by molar-refractivity contribution is 7.89. The van der Waals surface area contributed by atoms with Crippen molar-refractivity contribution in [3.8, 4) is 6.07 Å². The lowest BCUT2D eigenvalue weighted by Crippen LogP contribution is -2.48. The lowest BCUT2D eigenvalue weighted by atomic mass is 10.1. The fourth-order valence-electron chi connectivity index (χ4n) is 2.94. The first-order chi connectivity index (χ1) is 11.9. The van der Waals surface area contributed by atoms with E-state index in [-0.39, 0.29) is 4.90 Å². The van der Waals surface area contributed by atoms with Crippen LogP contribution in [0.4, 0.5) is 10.1 Å². The van der Waals surface area contributed by atoms with Gasteiger partial charge >= 0.3 is 0 Å². The molecule has 25 heavy (non-hydrogen) atoms. The summed E-state index contributed by atoms with van der Waals surface area (Å²) < 4.78 is 40.3. The van der Waals surface area contributed by atoms with Crippen LogP contribution in [0.5, 0.6) is 0 Å². The van der Waals surface area contributed by atoms with Gasteiger partial charge in [0.05, 0.1) is 16.1 Å². The van der Waals surface area contributed by atoms with Crippen LogP contribution in [0.3, 0.4) is 0 Å². The molecule has 7 heteroatoms. The van der Waals surface area contributed by atoms with E-state index < -0.39 is 15.8 Å². The molecular weight excluding hydrogens is 341 g/mol. The Hall–Kier alpha value is -2.43. The highest BCUT2D eigenvalue weighted by Crippen LogP contribution is 2.24. The maximum atomic E-state index is 13.4. The number of halogens is 1. The lowest BCUT2D eigenvalue weighted by molar-refractivity contribution is 0.384. The zero-order valence-electron chi connectivity index (χ0n) is 13.8. The van der Waals surface area contributed by atoms with Crippen LogP contribution in [0, 0.1) is 24.1 Å². The molecule has 2 aromatic rings. The minimum absolute atomic E-state index is 0.109. The van der Waals surface area contributed by atoms with Crippen molar-refractivity contribution in [1.29, 1.82) is 5.26 Å². The molecule has 130 valence electrons. The standard InChI is InChI=1S/C18H18FN3O2S/c1-14-12-16(6-7-17(14)19)25(23,24)22-10-8-21(9-11-22)18-5-3-2-4-15(18)13-20/h2-7,12H,8-11H2,1H3. The molecule has 0 radical (unpaired) electrons. The SMILES string of the molecule is Cc1cc(S(=O)(=O)N2CCN(c3ccccc3C#N)CC2)ccc1F. The molecule has 0 unspecified atom stereocenters. The molecular formula is C18H18FN3O2S. The molecule has 0 aliphatic carbocycles. The van der Waals surface area contributed by atoms with Crippen LogP contribution in [0.25, 0.3) is 0 Å². The Bertz CT molecular complexity index is 930. The highest BCUT2D eigenvalue weighted by atomic mass is 32.2. The number of benzene rings is 2. The molecule has 5 nitrogen and oxygen atoms in total. The van der Waals surface area contributed by atoms with E-state index in [2.05, 4.69) is 6.07 Å². The van der Waals surface area contributed by atoms with Crippen LogP contribution < -0.4 is 4.90 Å². The van der Waals surface area contributed by atoms with Gasteiger partial charge in [0.2, 0.25) is 10.0 Å². The molecule has 0 spiro atoms. The molecule has 0 N–H and O–H groups in total. The smallest absolute Gasteiger partial charge is 0.243 e. The Morgan fingerprint density at radius 1 is 1.08 bits per heavy atom. The summed E-state index contributed by atoms with van der Waals surface area (Å²) in [6.45, 7) is 3.18. The predicted octanol–water partition coefficient (Wildman–Crippen LogP) is 2.52. The molecule has 0 bridgehead atoms. The van der Waals surface area contributed by atoms with Crippen molar-refractivity contribution in [3.05, 3.63) is 59.4 Å². The predicted molar refractivity (Wildman–Crippen MR) is 93.3 cm³/mol. The number of rotatable bonds is 3. The van der Waals surface area contributed by atoms with Crippen molar-refractivity contribution in [3.63, 3.8) is 0 Å². The van der Waals surface area contributed by atoms with Crippen molar-refractivity contribution in [2.24, 2.45) is 0 Å². The molecule has 0 saturated carbocycles. The van der Waals surface area contributed by atoms with E-state index in [1.54, 1.807) is 19.1 Å². The first-order valence-electron chi connectivity index (χ1n) is 7.94. The number of aryl methyl sites for hydroxylation is 1. The Kier molecular flexibility index (Phi) is 4.75. The third kappa shape index (κ3) is 3.36. The molecule has 1 aliphatic heterocycles. The monoisotopic (exact) mass is 359 g/mol. The van der Waals surface area contributed by atoms with Gasteiger partial charge in [-0.15, -0.1) is 0 Å².